The third-order valence-corrected chi connectivity index (χ3v) is 3.00. The maximum atomic E-state index is 12.1. The highest BCUT2D eigenvalue weighted by Gasteiger charge is 2.40. The van der Waals surface area contributed by atoms with Crippen molar-refractivity contribution in [3.05, 3.63) is 0 Å². The van der Waals surface area contributed by atoms with Gasteiger partial charge in [-0.3, -0.25) is 9.59 Å². The lowest BCUT2D eigenvalue weighted by Crippen LogP contribution is -2.45. The fraction of sp³-hybridized carbons (Fsp3) is 0.769. The number of hydrogen-bond acceptors (Lipinski definition) is 4. The number of nitrogens with two attached hydrogens (primary N) is 1. The lowest BCUT2D eigenvalue weighted by Gasteiger charge is -2.29. The zero-order valence-corrected chi connectivity index (χ0v) is 11.9. The minimum absolute atomic E-state index is 0.0780. The molecule has 1 fully saturated rings. The molecule has 2 atom stereocenters. The van der Waals surface area contributed by atoms with Crippen molar-refractivity contribution in [3.63, 3.8) is 0 Å². The number of nitrogens with zero attached hydrogens (tertiary/aromatic N) is 1. The highest BCUT2D eigenvalue weighted by atomic mass is 16.6. The summed E-state index contributed by atoms with van der Waals surface area (Å²) in [4.78, 5) is 36.5. The van der Waals surface area contributed by atoms with Crippen LogP contribution < -0.4 is 5.73 Å². The molecular weight excluding hydrogens is 248 g/mol. The number of carbonyl (C=O) groups excluding carboxylic acids is 3. The normalized spacial score (nSPS) is 21.4. The molecule has 19 heavy (non-hydrogen) atoms. The Morgan fingerprint density at radius 1 is 1.47 bits per heavy atom. The van der Waals surface area contributed by atoms with Crippen molar-refractivity contribution >= 4 is 17.8 Å². The average Bonchev–Trinajstić information content (AvgIpc) is 2.59. The van der Waals surface area contributed by atoms with E-state index in [1.54, 1.807) is 27.7 Å². The highest BCUT2D eigenvalue weighted by Crippen LogP contribution is 2.23. The molecule has 1 saturated heterocycles. The molecule has 0 radical (unpaired) electrons. The van der Waals surface area contributed by atoms with Crippen molar-refractivity contribution < 1.29 is 19.1 Å². The number of carbonyl (C=O) groups is 3. The Morgan fingerprint density at radius 3 is 2.42 bits per heavy atom. The van der Waals surface area contributed by atoms with Gasteiger partial charge in [-0.05, 0) is 27.2 Å². The van der Waals surface area contributed by atoms with Gasteiger partial charge in [-0.25, -0.2) is 4.79 Å². The van der Waals surface area contributed by atoms with Crippen molar-refractivity contribution in [2.75, 3.05) is 6.54 Å². The van der Waals surface area contributed by atoms with Gasteiger partial charge in [0.15, 0.2) is 0 Å². The molecule has 1 aliphatic heterocycles. The third kappa shape index (κ3) is 3.94. The first-order valence-electron chi connectivity index (χ1n) is 6.47. The summed E-state index contributed by atoms with van der Waals surface area (Å²) in [5.74, 6) is -1.67. The van der Waals surface area contributed by atoms with Crippen LogP contribution in [-0.2, 0) is 19.1 Å². The predicted octanol–water partition coefficient (Wildman–Crippen LogP) is 0.441. The number of likely N-dealkylation sites (tertiary alicyclic amines) is 1. The number of rotatable bonds is 4. The molecule has 1 aliphatic rings. The highest BCUT2D eigenvalue weighted by molar-refractivity contribution is 5.91. The number of ether oxygens (including phenoxy) is 1. The SMILES string of the molecule is CCC(C(=O)OC(C)(C)C)N1CC(C(N)=O)CC1=O. The van der Waals surface area contributed by atoms with Gasteiger partial charge >= 0.3 is 5.97 Å². The first-order valence-corrected chi connectivity index (χ1v) is 6.47. The quantitative estimate of drug-likeness (QED) is 0.751. The van der Waals surface area contributed by atoms with E-state index in [1.807, 2.05) is 0 Å². The van der Waals surface area contributed by atoms with Crippen LogP contribution in [-0.4, -0.2) is 40.9 Å². The molecule has 108 valence electrons. The largest absolute Gasteiger partial charge is 0.458 e. The topological polar surface area (TPSA) is 89.7 Å². The number of amides is 2. The van der Waals surface area contributed by atoms with Crippen molar-refractivity contribution in [2.45, 2.75) is 52.2 Å². The van der Waals surface area contributed by atoms with E-state index in [4.69, 9.17) is 10.5 Å². The summed E-state index contributed by atoms with van der Waals surface area (Å²) in [6.45, 7) is 7.33. The second kappa shape index (κ2) is 5.59. The summed E-state index contributed by atoms with van der Waals surface area (Å²) in [6.07, 6.45) is 0.529. The second-order valence-corrected chi connectivity index (χ2v) is 5.81. The average molecular weight is 270 g/mol. The summed E-state index contributed by atoms with van der Waals surface area (Å²) in [6, 6.07) is -0.643. The zero-order valence-electron chi connectivity index (χ0n) is 11.9. The van der Waals surface area contributed by atoms with Crippen LogP contribution in [0.15, 0.2) is 0 Å². The maximum absolute atomic E-state index is 12.1. The Balaban J connectivity index is 2.78. The lowest BCUT2D eigenvalue weighted by molar-refractivity contribution is -0.164. The van der Waals surface area contributed by atoms with E-state index in [1.165, 1.54) is 4.90 Å². The van der Waals surface area contributed by atoms with Gasteiger partial charge in [0, 0.05) is 13.0 Å². The summed E-state index contributed by atoms with van der Waals surface area (Å²) < 4.78 is 5.30. The van der Waals surface area contributed by atoms with Gasteiger partial charge in [0.1, 0.15) is 11.6 Å². The van der Waals surface area contributed by atoms with Gasteiger partial charge in [0.05, 0.1) is 5.92 Å². The molecule has 6 nitrogen and oxygen atoms in total. The third-order valence-electron chi connectivity index (χ3n) is 3.00. The summed E-state index contributed by atoms with van der Waals surface area (Å²) in [5.41, 5.74) is 4.61. The first kappa shape index (κ1) is 15.5. The standard InChI is InChI=1S/C13H22N2O4/c1-5-9(12(18)19-13(2,3)4)15-7-8(11(14)17)6-10(15)16/h8-9H,5-7H2,1-4H3,(H2,14,17). The van der Waals surface area contributed by atoms with E-state index in [2.05, 4.69) is 0 Å². The summed E-state index contributed by atoms with van der Waals surface area (Å²) >= 11 is 0. The van der Waals surface area contributed by atoms with Crippen LogP contribution in [0, 0.1) is 5.92 Å². The lowest BCUT2D eigenvalue weighted by atomic mass is 10.1. The van der Waals surface area contributed by atoms with E-state index in [0.29, 0.717) is 6.42 Å². The summed E-state index contributed by atoms with van der Waals surface area (Å²) in [5, 5.41) is 0. The molecule has 0 spiro atoms. The molecule has 0 aliphatic carbocycles. The fourth-order valence-corrected chi connectivity index (χ4v) is 2.11. The van der Waals surface area contributed by atoms with E-state index in [9.17, 15) is 14.4 Å². The van der Waals surface area contributed by atoms with Crippen molar-refractivity contribution in [3.8, 4) is 0 Å². The van der Waals surface area contributed by atoms with Crippen molar-refractivity contribution in [1.29, 1.82) is 0 Å². The molecule has 0 bridgehead atoms. The smallest absolute Gasteiger partial charge is 0.329 e. The minimum atomic E-state index is -0.643. The zero-order chi connectivity index (χ0) is 14.8. The molecule has 0 aromatic rings. The molecule has 1 heterocycles. The van der Waals surface area contributed by atoms with Gasteiger partial charge in [-0.2, -0.15) is 0 Å². The van der Waals surface area contributed by atoms with Crippen LogP contribution in [0.25, 0.3) is 0 Å². The van der Waals surface area contributed by atoms with Crippen LogP contribution >= 0.6 is 0 Å². The number of esters is 1. The molecule has 2 N–H and O–H groups in total. The van der Waals surface area contributed by atoms with Gasteiger partial charge < -0.3 is 15.4 Å². The van der Waals surface area contributed by atoms with Gasteiger partial charge in [-0.15, -0.1) is 0 Å². The van der Waals surface area contributed by atoms with Crippen LogP contribution in [0.2, 0.25) is 0 Å². The Kier molecular flexibility index (Phi) is 4.55. The Bertz CT molecular complexity index is 387. The molecule has 0 saturated carbocycles. The first-order chi connectivity index (χ1) is 8.65. The van der Waals surface area contributed by atoms with Crippen LogP contribution in [0.3, 0.4) is 0 Å². The second-order valence-electron chi connectivity index (χ2n) is 5.81. The summed E-state index contributed by atoms with van der Waals surface area (Å²) in [7, 11) is 0. The molecule has 6 heteroatoms. The van der Waals surface area contributed by atoms with E-state index in [-0.39, 0.29) is 18.9 Å². The molecule has 0 aromatic carbocycles. The van der Waals surface area contributed by atoms with E-state index >= 15 is 0 Å². The van der Waals surface area contributed by atoms with Crippen LogP contribution in [0.1, 0.15) is 40.5 Å². The van der Waals surface area contributed by atoms with Gasteiger partial charge in [0.25, 0.3) is 0 Å². The van der Waals surface area contributed by atoms with Crippen molar-refractivity contribution in [2.24, 2.45) is 11.7 Å². The Morgan fingerprint density at radius 2 is 2.05 bits per heavy atom. The predicted molar refractivity (Wildman–Crippen MR) is 68.9 cm³/mol. The van der Waals surface area contributed by atoms with E-state index < -0.39 is 29.4 Å². The molecule has 2 unspecified atom stereocenters. The molecule has 1 rings (SSSR count). The molecular formula is C13H22N2O4. The number of hydrogen-bond donors (Lipinski definition) is 1. The Labute approximate surface area is 113 Å². The van der Waals surface area contributed by atoms with E-state index in [0.717, 1.165) is 0 Å². The maximum Gasteiger partial charge on any atom is 0.329 e. The molecule has 0 aromatic heterocycles. The van der Waals surface area contributed by atoms with Gasteiger partial charge in [0.2, 0.25) is 11.8 Å². The molecule has 2 amide bonds. The van der Waals surface area contributed by atoms with Crippen LogP contribution in [0.5, 0.6) is 0 Å². The van der Waals surface area contributed by atoms with Crippen LogP contribution in [0.4, 0.5) is 0 Å². The Hall–Kier alpha value is -1.59. The minimum Gasteiger partial charge on any atom is -0.458 e. The van der Waals surface area contributed by atoms with Crippen molar-refractivity contribution in [1.82, 2.24) is 4.90 Å². The fourth-order valence-electron chi connectivity index (χ4n) is 2.11. The number of primary amides is 1. The monoisotopic (exact) mass is 270 g/mol. The van der Waals surface area contributed by atoms with Gasteiger partial charge in [-0.1, -0.05) is 6.92 Å².